The van der Waals surface area contributed by atoms with E-state index in [1.54, 1.807) is 12.1 Å². The first-order valence-electron chi connectivity index (χ1n) is 9.22. The van der Waals surface area contributed by atoms with E-state index in [1.807, 2.05) is 36.5 Å². The van der Waals surface area contributed by atoms with Gasteiger partial charge in [-0.25, -0.2) is 13.4 Å². The quantitative estimate of drug-likeness (QED) is 0.692. The van der Waals surface area contributed by atoms with Crippen LogP contribution in [0.4, 0.5) is 0 Å². The molecule has 2 aromatic carbocycles. The van der Waals surface area contributed by atoms with E-state index in [2.05, 4.69) is 27.0 Å². The van der Waals surface area contributed by atoms with Crippen LogP contribution < -0.4 is 5.32 Å². The molecule has 0 aliphatic carbocycles. The predicted octanol–water partition coefficient (Wildman–Crippen LogP) is 2.64. The Labute approximate surface area is 165 Å². The lowest BCUT2D eigenvalue weighted by atomic mass is 10.1. The molecule has 0 spiro atoms. The van der Waals surface area contributed by atoms with E-state index in [4.69, 9.17) is 4.74 Å². The first-order chi connectivity index (χ1) is 13.5. The fourth-order valence-corrected chi connectivity index (χ4v) is 4.01. The predicted molar refractivity (Wildman–Crippen MR) is 107 cm³/mol. The lowest BCUT2D eigenvalue weighted by molar-refractivity contribution is 0.00326. The number of imidazole rings is 1. The number of ether oxygens (including phenoxy) is 1. The molecule has 1 aromatic heterocycles. The van der Waals surface area contributed by atoms with Gasteiger partial charge in [0, 0.05) is 19.3 Å². The molecule has 0 radical (unpaired) electrons. The zero-order valence-corrected chi connectivity index (χ0v) is 16.5. The normalized spacial score (nSPS) is 16.7. The molecule has 0 saturated carbocycles. The molecule has 0 saturated heterocycles. The summed E-state index contributed by atoms with van der Waals surface area (Å²) in [7, 11) is -3.16. The van der Waals surface area contributed by atoms with Crippen molar-refractivity contribution in [1.82, 2.24) is 14.9 Å². The van der Waals surface area contributed by atoms with E-state index < -0.39 is 9.84 Å². The Bertz CT molecular complexity index is 1040. The number of nitrogens with zero attached hydrogens (tertiary/aromatic N) is 2. The SMILES string of the molecule is CS(=O)(=O)c1ccc(CNC[C@H]2Cn3c(-c4ccccc4)cnc3CO2)cc1. The first-order valence-corrected chi connectivity index (χ1v) is 11.1. The van der Waals surface area contributed by atoms with E-state index in [1.165, 1.54) is 6.26 Å². The zero-order valence-electron chi connectivity index (χ0n) is 15.7. The van der Waals surface area contributed by atoms with E-state index in [9.17, 15) is 8.42 Å². The van der Waals surface area contributed by atoms with Gasteiger partial charge in [0.1, 0.15) is 12.4 Å². The molecule has 0 bridgehead atoms. The van der Waals surface area contributed by atoms with Crippen LogP contribution >= 0.6 is 0 Å². The molecule has 28 heavy (non-hydrogen) atoms. The van der Waals surface area contributed by atoms with Crippen molar-refractivity contribution in [2.24, 2.45) is 0 Å². The zero-order chi connectivity index (χ0) is 19.6. The first kappa shape index (κ1) is 18.9. The van der Waals surface area contributed by atoms with Crippen LogP contribution in [0.3, 0.4) is 0 Å². The summed E-state index contributed by atoms with van der Waals surface area (Å²) >= 11 is 0. The van der Waals surface area contributed by atoms with Crippen molar-refractivity contribution in [3.05, 3.63) is 72.2 Å². The highest BCUT2D eigenvalue weighted by molar-refractivity contribution is 7.90. The third-order valence-corrected chi connectivity index (χ3v) is 6.02. The number of aromatic nitrogens is 2. The molecule has 4 rings (SSSR count). The largest absolute Gasteiger partial charge is 0.367 e. The molecular formula is C21H23N3O3S. The number of rotatable bonds is 6. The Balaban J connectivity index is 1.36. The molecule has 0 fully saturated rings. The summed E-state index contributed by atoms with van der Waals surface area (Å²) < 4.78 is 31.2. The van der Waals surface area contributed by atoms with E-state index in [0.29, 0.717) is 24.6 Å². The number of benzene rings is 2. The highest BCUT2D eigenvalue weighted by Crippen LogP contribution is 2.24. The van der Waals surface area contributed by atoms with Crippen molar-refractivity contribution in [1.29, 1.82) is 0 Å². The number of fused-ring (bicyclic) bond motifs is 1. The van der Waals surface area contributed by atoms with Crippen LogP contribution in [0.15, 0.2) is 65.7 Å². The van der Waals surface area contributed by atoms with Crippen molar-refractivity contribution in [2.75, 3.05) is 12.8 Å². The van der Waals surface area contributed by atoms with Gasteiger partial charge in [-0.15, -0.1) is 0 Å². The minimum atomic E-state index is -3.16. The molecule has 6 nitrogen and oxygen atoms in total. The summed E-state index contributed by atoms with van der Waals surface area (Å²) in [5.74, 6) is 0.950. The average molecular weight is 398 g/mol. The van der Waals surface area contributed by atoms with Gasteiger partial charge in [-0.05, 0) is 23.3 Å². The monoisotopic (exact) mass is 397 g/mol. The minimum absolute atomic E-state index is 0.0551. The van der Waals surface area contributed by atoms with Gasteiger partial charge in [0.05, 0.1) is 29.4 Å². The summed E-state index contributed by atoms with van der Waals surface area (Å²) in [5, 5.41) is 3.40. The van der Waals surface area contributed by atoms with Crippen molar-refractivity contribution in [3.63, 3.8) is 0 Å². The van der Waals surface area contributed by atoms with Gasteiger partial charge in [-0.2, -0.15) is 0 Å². The number of hydrogen-bond donors (Lipinski definition) is 1. The van der Waals surface area contributed by atoms with Gasteiger partial charge in [-0.3, -0.25) is 0 Å². The lowest BCUT2D eigenvalue weighted by Crippen LogP contribution is -2.36. The number of sulfone groups is 1. The maximum Gasteiger partial charge on any atom is 0.175 e. The molecule has 1 aliphatic rings. The van der Waals surface area contributed by atoms with Crippen LogP contribution in [0.2, 0.25) is 0 Å². The van der Waals surface area contributed by atoms with Gasteiger partial charge >= 0.3 is 0 Å². The Morgan fingerprint density at radius 2 is 1.89 bits per heavy atom. The molecule has 0 amide bonds. The number of hydrogen-bond acceptors (Lipinski definition) is 5. The van der Waals surface area contributed by atoms with Crippen molar-refractivity contribution < 1.29 is 13.2 Å². The highest BCUT2D eigenvalue weighted by Gasteiger charge is 2.22. The van der Waals surface area contributed by atoms with Crippen LogP contribution in [0.1, 0.15) is 11.4 Å². The maximum absolute atomic E-state index is 11.5. The molecule has 146 valence electrons. The second-order valence-electron chi connectivity index (χ2n) is 7.02. The Morgan fingerprint density at radius 1 is 1.14 bits per heavy atom. The standard InChI is InChI=1S/C21H23N3O3S/c1-28(25,26)19-9-7-16(8-10-19)11-22-12-18-14-24-20(13-23-21(24)15-27-18)17-5-3-2-4-6-17/h2-10,13,18,22H,11-12,14-15H2,1H3/t18-/m0/s1. The Hall–Kier alpha value is -2.48. The van der Waals surface area contributed by atoms with Crippen LogP contribution in [0.25, 0.3) is 11.3 Å². The highest BCUT2D eigenvalue weighted by atomic mass is 32.2. The second kappa shape index (κ2) is 7.87. The van der Waals surface area contributed by atoms with Gasteiger partial charge in [0.15, 0.2) is 9.84 Å². The van der Waals surface area contributed by atoms with Gasteiger partial charge in [-0.1, -0.05) is 42.5 Å². The summed E-state index contributed by atoms with van der Waals surface area (Å²) in [6, 6.07) is 17.2. The topological polar surface area (TPSA) is 73.2 Å². The molecule has 0 unspecified atom stereocenters. The fourth-order valence-electron chi connectivity index (χ4n) is 3.38. The van der Waals surface area contributed by atoms with Gasteiger partial charge in [0.2, 0.25) is 0 Å². The summed E-state index contributed by atoms with van der Waals surface area (Å²) in [4.78, 5) is 4.83. The number of nitrogens with one attached hydrogen (secondary N) is 1. The Kier molecular flexibility index (Phi) is 5.30. The van der Waals surface area contributed by atoms with E-state index in [-0.39, 0.29) is 6.10 Å². The second-order valence-corrected chi connectivity index (χ2v) is 9.03. The molecule has 1 aliphatic heterocycles. The van der Waals surface area contributed by atoms with Crippen LogP contribution in [0, 0.1) is 0 Å². The van der Waals surface area contributed by atoms with Crippen LogP contribution in [-0.4, -0.2) is 36.9 Å². The van der Waals surface area contributed by atoms with Crippen molar-refractivity contribution in [2.45, 2.75) is 30.7 Å². The van der Waals surface area contributed by atoms with Crippen molar-refractivity contribution >= 4 is 9.84 Å². The fraction of sp³-hybridized carbons (Fsp3) is 0.286. The summed E-state index contributed by atoms with van der Waals surface area (Å²) in [6.07, 6.45) is 3.18. The van der Waals surface area contributed by atoms with Crippen molar-refractivity contribution in [3.8, 4) is 11.3 Å². The maximum atomic E-state index is 11.5. The molecule has 3 aromatic rings. The van der Waals surface area contributed by atoms with Gasteiger partial charge in [0.25, 0.3) is 0 Å². The van der Waals surface area contributed by atoms with Gasteiger partial charge < -0.3 is 14.6 Å². The van der Waals surface area contributed by atoms with Crippen LogP contribution in [0.5, 0.6) is 0 Å². The summed E-state index contributed by atoms with van der Waals surface area (Å²) in [5.41, 5.74) is 3.30. The molecular weight excluding hydrogens is 374 g/mol. The van der Waals surface area contributed by atoms with Crippen LogP contribution in [-0.2, 0) is 34.3 Å². The smallest absolute Gasteiger partial charge is 0.175 e. The van der Waals surface area contributed by atoms with E-state index >= 15 is 0 Å². The average Bonchev–Trinajstić information content (AvgIpc) is 3.12. The third-order valence-electron chi connectivity index (χ3n) is 4.89. The summed E-state index contributed by atoms with van der Waals surface area (Å²) in [6.45, 7) is 2.62. The molecule has 1 N–H and O–H groups in total. The van der Waals surface area contributed by atoms with E-state index in [0.717, 1.165) is 29.2 Å². The third kappa shape index (κ3) is 4.16. The lowest BCUT2D eigenvalue weighted by Gasteiger charge is -2.26. The molecule has 1 atom stereocenters. The Morgan fingerprint density at radius 3 is 2.61 bits per heavy atom. The molecule has 7 heteroatoms. The minimum Gasteiger partial charge on any atom is -0.367 e. The molecule has 2 heterocycles.